The van der Waals surface area contributed by atoms with Crippen molar-refractivity contribution in [3.8, 4) is 16.2 Å². The van der Waals surface area contributed by atoms with Crippen LogP contribution in [-0.4, -0.2) is 53.6 Å². The van der Waals surface area contributed by atoms with Crippen molar-refractivity contribution < 1.29 is 9.53 Å². The number of hydrogen-bond donors (Lipinski definition) is 0. The van der Waals surface area contributed by atoms with Crippen LogP contribution in [0, 0.1) is 6.92 Å². The molecular formula is C26H26N4O3S. The second-order valence-corrected chi connectivity index (χ2v) is 9.34. The molecule has 0 aliphatic carbocycles. The van der Waals surface area contributed by atoms with E-state index in [1.807, 2.05) is 66.4 Å². The average Bonchev–Trinajstić information content (AvgIpc) is 3.23. The molecule has 8 heteroatoms. The maximum Gasteiger partial charge on any atom is 0.262 e. The maximum atomic E-state index is 13.2. The van der Waals surface area contributed by atoms with Crippen LogP contribution in [0.1, 0.15) is 5.56 Å². The third-order valence-corrected chi connectivity index (χ3v) is 7.58. The summed E-state index contributed by atoms with van der Waals surface area (Å²) >= 11 is 1.51. The summed E-state index contributed by atoms with van der Waals surface area (Å²) in [7, 11) is 1.65. The molecule has 7 nitrogen and oxygen atoms in total. The van der Waals surface area contributed by atoms with E-state index in [0.29, 0.717) is 23.3 Å². The number of aryl methyl sites for hydroxylation is 1. The molecule has 0 unspecified atom stereocenters. The van der Waals surface area contributed by atoms with Crippen LogP contribution in [0.3, 0.4) is 0 Å². The van der Waals surface area contributed by atoms with Crippen molar-refractivity contribution in [2.45, 2.75) is 13.5 Å². The summed E-state index contributed by atoms with van der Waals surface area (Å²) in [5.74, 6) is 0.763. The van der Waals surface area contributed by atoms with Crippen molar-refractivity contribution in [2.24, 2.45) is 0 Å². The lowest BCUT2D eigenvalue weighted by Gasteiger charge is -2.36. The van der Waals surface area contributed by atoms with Crippen LogP contribution in [0.25, 0.3) is 20.7 Å². The summed E-state index contributed by atoms with van der Waals surface area (Å²) < 4.78 is 6.66. The van der Waals surface area contributed by atoms with Crippen LogP contribution in [0.2, 0.25) is 0 Å². The number of hydrogen-bond acceptors (Lipinski definition) is 6. The maximum absolute atomic E-state index is 13.2. The number of piperazine rings is 1. The number of thiophene rings is 1. The standard InChI is InChI=1S/C26H26N4O3S/c1-18-23-25(34-24(18)19-6-4-3-5-7-19)27-17-30(26(23)32)16-22(31)29-14-12-28(13-15-29)20-8-10-21(33-2)11-9-20/h3-11,17H,12-16H2,1-2H3. The fraction of sp³-hybridized carbons (Fsp3) is 0.269. The number of fused-ring (bicyclic) bond motifs is 1. The van der Waals surface area contributed by atoms with Gasteiger partial charge in [-0.3, -0.25) is 14.2 Å². The van der Waals surface area contributed by atoms with Crippen molar-refractivity contribution in [1.29, 1.82) is 0 Å². The number of amides is 1. The summed E-state index contributed by atoms with van der Waals surface area (Å²) in [6, 6.07) is 18.0. The molecule has 1 fully saturated rings. The van der Waals surface area contributed by atoms with Gasteiger partial charge < -0.3 is 14.5 Å². The predicted molar refractivity (Wildman–Crippen MR) is 136 cm³/mol. The lowest BCUT2D eigenvalue weighted by molar-refractivity contribution is -0.132. The number of anilines is 1. The van der Waals surface area contributed by atoms with E-state index in [0.717, 1.165) is 40.5 Å². The number of benzene rings is 2. The van der Waals surface area contributed by atoms with Crippen LogP contribution in [0.4, 0.5) is 5.69 Å². The lowest BCUT2D eigenvalue weighted by atomic mass is 10.1. The normalized spacial score (nSPS) is 13.9. The van der Waals surface area contributed by atoms with Gasteiger partial charge in [0.05, 0.1) is 18.8 Å². The summed E-state index contributed by atoms with van der Waals surface area (Å²) in [5, 5.41) is 0.600. The zero-order chi connectivity index (χ0) is 23.7. The molecule has 34 heavy (non-hydrogen) atoms. The van der Waals surface area contributed by atoms with E-state index in [2.05, 4.69) is 9.88 Å². The number of aromatic nitrogens is 2. The van der Waals surface area contributed by atoms with Crippen molar-refractivity contribution in [3.63, 3.8) is 0 Å². The summed E-state index contributed by atoms with van der Waals surface area (Å²) in [5.41, 5.74) is 2.94. The molecule has 0 saturated carbocycles. The van der Waals surface area contributed by atoms with Crippen LogP contribution < -0.4 is 15.2 Å². The highest BCUT2D eigenvalue weighted by Gasteiger charge is 2.23. The first-order chi connectivity index (χ1) is 16.5. The Bertz CT molecular complexity index is 1370. The zero-order valence-electron chi connectivity index (χ0n) is 19.2. The first-order valence-electron chi connectivity index (χ1n) is 11.3. The average molecular weight is 475 g/mol. The molecule has 2 aromatic heterocycles. The van der Waals surface area contributed by atoms with Gasteiger partial charge in [0.2, 0.25) is 5.91 Å². The summed E-state index contributed by atoms with van der Waals surface area (Å²) in [6.45, 7) is 4.67. The molecule has 3 heterocycles. The van der Waals surface area contributed by atoms with Gasteiger partial charge in [0.15, 0.2) is 0 Å². The van der Waals surface area contributed by atoms with E-state index >= 15 is 0 Å². The molecule has 2 aromatic carbocycles. The number of rotatable bonds is 5. The Morgan fingerprint density at radius 2 is 1.74 bits per heavy atom. The fourth-order valence-electron chi connectivity index (χ4n) is 4.39. The van der Waals surface area contributed by atoms with Gasteiger partial charge in [-0.15, -0.1) is 11.3 Å². The minimum atomic E-state index is -0.161. The van der Waals surface area contributed by atoms with Gasteiger partial charge in [-0.25, -0.2) is 4.98 Å². The van der Waals surface area contributed by atoms with Gasteiger partial charge in [-0.1, -0.05) is 30.3 Å². The molecule has 1 amide bonds. The number of carbonyl (C=O) groups excluding carboxylic acids is 1. The van der Waals surface area contributed by atoms with Gasteiger partial charge in [0.25, 0.3) is 5.56 Å². The smallest absolute Gasteiger partial charge is 0.262 e. The van der Waals surface area contributed by atoms with E-state index in [1.165, 1.54) is 22.2 Å². The molecule has 5 rings (SSSR count). The van der Waals surface area contributed by atoms with Crippen LogP contribution in [0.5, 0.6) is 5.75 Å². The molecule has 1 aliphatic rings. The Kier molecular flexibility index (Phi) is 6.06. The van der Waals surface area contributed by atoms with Gasteiger partial charge in [0, 0.05) is 36.7 Å². The van der Waals surface area contributed by atoms with E-state index in [9.17, 15) is 9.59 Å². The van der Waals surface area contributed by atoms with Crippen LogP contribution in [0.15, 0.2) is 65.7 Å². The van der Waals surface area contributed by atoms with E-state index < -0.39 is 0 Å². The second kappa shape index (κ2) is 9.30. The molecule has 0 bridgehead atoms. The molecule has 0 radical (unpaired) electrons. The minimum absolute atomic E-state index is 0.000264. The van der Waals surface area contributed by atoms with E-state index in [4.69, 9.17) is 4.74 Å². The summed E-state index contributed by atoms with van der Waals surface area (Å²) in [4.78, 5) is 36.6. The largest absolute Gasteiger partial charge is 0.497 e. The Morgan fingerprint density at radius 3 is 2.41 bits per heavy atom. The molecule has 4 aromatic rings. The number of ether oxygens (including phenoxy) is 1. The lowest BCUT2D eigenvalue weighted by Crippen LogP contribution is -2.50. The Hall–Kier alpha value is -3.65. The Balaban J connectivity index is 1.29. The third-order valence-electron chi connectivity index (χ3n) is 6.33. The minimum Gasteiger partial charge on any atom is -0.497 e. The van der Waals surface area contributed by atoms with Crippen LogP contribution in [-0.2, 0) is 11.3 Å². The van der Waals surface area contributed by atoms with E-state index in [-0.39, 0.29) is 18.0 Å². The Labute approximate surface area is 201 Å². The van der Waals surface area contributed by atoms with Gasteiger partial charge in [-0.05, 0) is 42.3 Å². The number of carbonyl (C=O) groups is 1. The topological polar surface area (TPSA) is 67.7 Å². The summed E-state index contributed by atoms with van der Waals surface area (Å²) in [6.07, 6.45) is 1.50. The first-order valence-corrected chi connectivity index (χ1v) is 12.1. The van der Waals surface area contributed by atoms with Gasteiger partial charge >= 0.3 is 0 Å². The number of methoxy groups -OCH3 is 1. The molecular weight excluding hydrogens is 448 g/mol. The molecule has 1 aliphatic heterocycles. The third kappa shape index (κ3) is 4.17. The molecule has 0 N–H and O–H groups in total. The molecule has 0 spiro atoms. The molecule has 174 valence electrons. The van der Waals surface area contributed by atoms with Crippen molar-refractivity contribution in [1.82, 2.24) is 14.5 Å². The highest BCUT2D eigenvalue weighted by atomic mass is 32.1. The van der Waals surface area contributed by atoms with Crippen molar-refractivity contribution >= 4 is 33.1 Å². The Morgan fingerprint density at radius 1 is 1.03 bits per heavy atom. The van der Waals surface area contributed by atoms with Crippen molar-refractivity contribution in [2.75, 3.05) is 38.2 Å². The fourth-order valence-corrected chi connectivity index (χ4v) is 5.53. The first kappa shape index (κ1) is 22.2. The SMILES string of the molecule is COc1ccc(N2CCN(C(=O)Cn3cnc4sc(-c5ccccc5)c(C)c4c3=O)CC2)cc1. The highest BCUT2D eigenvalue weighted by Crippen LogP contribution is 2.35. The van der Waals surface area contributed by atoms with Gasteiger partial charge in [0.1, 0.15) is 17.1 Å². The van der Waals surface area contributed by atoms with Gasteiger partial charge in [-0.2, -0.15) is 0 Å². The van der Waals surface area contributed by atoms with E-state index in [1.54, 1.807) is 7.11 Å². The molecule has 0 atom stereocenters. The highest BCUT2D eigenvalue weighted by molar-refractivity contribution is 7.22. The molecule has 1 saturated heterocycles. The zero-order valence-corrected chi connectivity index (χ0v) is 20.0. The van der Waals surface area contributed by atoms with Crippen LogP contribution >= 0.6 is 11.3 Å². The predicted octanol–water partition coefficient (Wildman–Crippen LogP) is 3.79. The monoisotopic (exact) mass is 474 g/mol. The second-order valence-electron chi connectivity index (χ2n) is 8.35. The number of nitrogens with zero attached hydrogens (tertiary/aromatic N) is 4. The van der Waals surface area contributed by atoms with Crippen molar-refractivity contribution in [3.05, 3.63) is 76.8 Å². The quantitative estimate of drug-likeness (QED) is 0.440.